The fraction of sp³-hybridized carbons (Fsp3) is 0.522. The Morgan fingerprint density at radius 3 is 2.67 bits per heavy atom. The van der Waals surface area contributed by atoms with Crippen LogP contribution in [0, 0.1) is 18.7 Å². The van der Waals surface area contributed by atoms with Gasteiger partial charge in [0.15, 0.2) is 0 Å². The van der Waals surface area contributed by atoms with E-state index >= 15 is 0 Å². The molecular formula is C23H29FN4O2. The zero-order valence-electron chi connectivity index (χ0n) is 17.7. The van der Waals surface area contributed by atoms with Gasteiger partial charge in [0, 0.05) is 33.0 Å². The van der Waals surface area contributed by atoms with Gasteiger partial charge < -0.3 is 9.80 Å². The quantitative estimate of drug-likeness (QED) is 0.776. The van der Waals surface area contributed by atoms with Gasteiger partial charge in [-0.2, -0.15) is 5.10 Å². The predicted octanol–water partition coefficient (Wildman–Crippen LogP) is 2.91. The molecule has 1 atom stereocenters. The van der Waals surface area contributed by atoms with Crippen molar-refractivity contribution in [3.8, 4) is 0 Å². The Morgan fingerprint density at radius 1 is 1.17 bits per heavy atom. The highest BCUT2D eigenvalue weighted by molar-refractivity contribution is 5.77. The summed E-state index contributed by atoms with van der Waals surface area (Å²) in [4.78, 5) is 28.5. The lowest BCUT2D eigenvalue weighted by atomic mass is 9.93. The first kappa shape index (κ1) is 20.6. The number of amides is 2. The van der Waals surface area contributed by atoms with Gasteiger partial charge in [-0.3, -0.25) is 14.3 Å². The minimum absolute atomic E-state index is 0.0925. The van der Waals surface area contributed by atoms with Crippen molar-refractivity contribution in [3.05, 3.63) is 52.6 Å². The first-order valence-electron chi connectivity index (χ1n) is 10.7. The first-order valence-corrected chi connectivity index (χ1v) is 10.7. The van der Waals surface area contributed by atoms with Crippen LogP contribution in [0.4, 0.5) is 4.39 Å². The summed E-state index contributed by atoms with van der Waals surface area (Å²) in [5.74, 6) is 0.237. The standard InChI is InChI=1S/C23H29FN4O2/c1-16-21-9-11-27(23(30)12-19-4-3-10-26(13-19)17(2)29)15-22(21)28(25-16)14-18-5-7-20(24)8-6-18/h5-8,19H,3-4,9-15H2,1-2H3. The van der Waals surface area contributed by atoms with Crippen molar-refractivity contribution in [2.45, 2.75) is 52.6 Å². The second kappa shape index (κ2) is 8.58. The summed E-state index contributed by atoms with van der Waals surface area (Å²) in [5, 5.41) is 4.69. The number of hydrogen-bond acceptors (Lipinski definition) is 3. The van der Waals surface area contributed by atoms with E-state index in [2.05, 4.69) is 5.10 Å². The van der Waals surface area contributed by atoms with Gasteiger partial charge in [0.05, 0.1) is 24.5 Å². The van der Waals surface area contributed by atoms with Crippen molar-refractivity contribution in [1.29, 1.82) is 0 Å². The second-order valence-corrected chi connectivity index (χ2v) is 8.54. The van der Waals surface area contributed by atoms with Gasteiger partial charge in [0.2, 0.25) is 11.8 Å². The molecule has 4 rings (SSSR count). The fourth-order valence-corrected chi connectivity index (χ4v) is 4.68. The van der Waals surface area contributed by atoms with Gasteiger partial charge in [-0.1, -0.05) is 12.1 Å². The lowest BCUT2D eigenvalue weighted by molar-refractivity contribution is -0.136. The number of piperidine rings is 1. The number of carbonyl (C=O) groups is 2. The molecular weight excluding hydrogens is 383 g/mol. The number of aromatic nitrogens is 2. The molecule has 2 aromatic rings. The number of hydrogen-bond donors (Lipinski definition) is 0. The first-order chi connectivity index (χ1) is 14.4. The number of fused-ring (bicyclic) bond motifs is 1. The largest absolute Gasteiger partial charge is 0.343 e. The summed E-state index contributed by atoms with van der Waals surface area (Å²) in [5.41, 5.74) is 4.28. The average Bonchev–Trinajstić information content (AvgIpc) is 3.04. The molecule has 0 spiro atoms. The van der Waals surface area contributed by atoms with Gasteiger partial charge >= 0.3 is 0 Å². The highest BCUT2D eigenvalue weighted by Crippen LogP contribution is 2.26. The molecule has 6 nitrogen and oxygen atoms in total. The molecule has 2 aliphatic rings. The summed E-state index contributed by atoms with van der Waals surface area (Å²) in [6.07, 6.45) is 3.26. The van der Waals surface area contributed by atoms with Crippen LogP contribution < -0.4 is 0 Å². The van der Waals surface area contributed by atoms with E-state index in [1.54, 1.807) is 19.1 Å². The molecule has 2 amide bonds. The lowest BCUT2D eigenvalue weighted by Crippen LogP contribution is -2.42. The summed E-state index contributed by atoms with van der Waals surface area (Å²) in [6, 6.07) is 6.47. The van der Waals surface area contributed by atoms with Gasteiger partial charge in [-0.15, -0.1) is 0 Å². The van der Waals surface area contributed by atoms with E-state index < -0.39 is 0 Å². The van der Waals surface area contributed by atoms with Crippen LogP contribution in [0.2, 0.25) is 0 Å². The Hall–Kier alpha value is -2.70. The van der Waals surface area contributed by atoms with Crippen molar-refractivity contribution in [3.63, 3.8) is 0 Å². The Bertz CT molecular complexity index is 937. The Labute approximate surface area is 176 Å². The highest BCUT2D eigenvalue weighted by Gasteiger charge is 2.29. The lowest BCUT2D eigenvalue weighted by Gasteiger charge is -2.34. The molecule has 0 N–H and O–H groups in total. The summed E-state index contributed by atoms with van der Waals surface area (Å²) < 4.78 is 15.2. The van der Waals surface area contributed by atoms with Crippen LogP contribution >= 0.6 is 0 Å². The maximum absolute atomic E-state index is 13.2. The summed E-state index contributed by atoms with van der Waals surface area (Å²) in [7, 11) is 0. The van der Waals surface area contributed by atoms with Crippen LogP contribution in [-0.4, -0.2) is 51.0 Å². The van der Waals surface area contributed by atoms with Crippen molar-refractivity contribution >= 4 is 11.8 Å². The minimum atomic E-state index is -0.250. The molecule has 3 heterocycles. The molecule has 0 radical (unpaired) electrons. The van der Waals surface area contributed by atoms with Crippen LogP contribution in [0.5, 0.6) is 0 Å². The SMILES string of the molecule is CC(=O)N1CCCC(CC(=O)N2CCc3c(C)nn(Cc4ccc(F)cc4)c3C2)C1. The van der Waals surface area contributed by atoms with Gasteiger partial charge in [0.1, 0.15) is 5.82 Å². The van der Waals surface area contributed by atoms with Crippen LogP contribution in [0.3, 0.4) is 0 Å². The molecule has 30 heavy (non-hydrogen) atoms. The zero-order chi connectivity index (χ0) is 21.3. The number of aryl methyl sites for hydroxylation is 1. The van der Waals surface area contributed by atoms with Crippen LogP contribution in [0.25, 0.3) is 0 Å². The van der Waals surface area contributed by atoms with E-state index in [4.69, 9.17) is 0 Å². The zero-order valence-corrected chi connectivity index (χ0v) is 17.7. The van der Waals surface area contributed by atoms with Crippen molar-refractivity contribution in [2.75, 3.05) is 19.6 Å². The van der Waals surface area contributed by atoms with Crippen molar-refractivity contribution in [1.82, 2.24) is 19.6 Å². The molecule has 0 aliphatic carbocycles. The van der Waals surface area contributed by atoms with Crippen molar-refractivity contribution in [2.24, 2.45) is 5.92 Å². The third kappa shape index (κ3) is 4.40. The summed E-state index contributed by atoms with van der Waals surface area (Å²) in [6.45, 7) is 6.92. The third-order valence-corrected chi connectivity index (χ3v) is 6.37. The maximum atomic E-state index is 13.2. The predicted molar refractivity (Wildman–Crippen MR) is 111 cm³/mol. The van der Waals surface area contributed by atoms with Crippen LogP contribution in [0.15, 0.2) is 24.3 Å². The molecule has 1 aromatic carbocycles. The van der Waals surface area contributed by atoms with Crippen molar-refractivity contribution < 1.29 is 14.0 Å². The molecule has 2 aliphatic heterocycles. The third-order valence-electron chi connectivity index (χ3n) is 6.37. The number of halogens is 1. The normalized spacial score (nSPS) is 19.0. The summed E-state index contributed by atoms with van der Waals surface area (Å²) >= 11 is 0. The van der Waals surface area contributed by atoms with E-state index in [0.717, 1.165) is 42.8 Å². The van der Waals surface area contributed by atoms with Gasteiger partial charge in [0.25, 0.3) is 0 Å². The van der Waals surface area contributed by atoms with Gasteiger partial charge in [-0.05, 0) is 55.4 Å². The second-order valence-electron chi connectivity index (χ2n) is 8.54. The van der Waals surface area contributed by atoms with E-state index in [0.29, 0.717) is 32.6 Å². The number of nitrogens with zero attached hydrogens (tertiary/aromatic N) is 4. The minimum Gasteiger partial charge on any atom is -0.343 e. The molecule has 160 valence electrons. The number of benzene rings is 1. The van der Waals surface area contributed by atoms with Crippen LogP contribution in [-0.2, 0) is 29.1 Å². The molecule has 1 unspecified atom stereocenters. The molecule has 0 bridgehead atoms. The molecule has 1 saturated heterocycles. The smallest absolute Gasteiger partial charge is 0.223 e. The Kier molecular flexibility index (Phi) is 5.88. The van der Waals surface area contributed by atoms with E-state index in [1.807, 2.05) is 21.4 Å². The molecule has 0 saturated carbocycles. The van der Waals surface area contributed by atoms with E-state index in [9.17, 15) is 14.0 Å². The fourth-order valence-electron chi connectivity index (χ4n) is 4.68. The number of carbonyl (C=O) groups excluding carboxylic acids is 2. The molecule has 1 fully saturated rings. The average molecular weight is 413 g/mol. The Morgan fingerprint density at radius 2 is 1.93 bits per heavy atom. The van der Waals surface area contributed by atoms with Gasteiger partial charge in [-0.25, -0.2) is 4.39 Å². The molecule has 7 heteroatoms. The van der Waals surface area contributed by atoms with E-state index in [1.165, 1.54) is 17.7 Å². The number of likely N-dealkylation sites (tertiary alicyclic amines) is 1. The topological polar surface area (TPSA) is 58.4 Å². The van der Waals surface area contributed by atoms with Crippen LogP contribution in [0.1, 0.15) is 48.7 Å². The highest BCUT2D eigenvalue weighted by atomic mass is 19.1. The monoisotopic (exact) mass is 412 g/mol. The molecule has 1 aromatic heterocycles. The Balaban J connectivity index is 1.44. The maximum Gasteiger partial charge on any atom is 0.223 e. The number of rotatable bonds is 4. The van der Waals surface area contributed by atoms with E-state index in [-0.39, 0.29) is 23.5 Å².